The van der Waals surface area contributed by atoms with Gasteiger partial charge in [-0.25, -0.2) is 0 Å². The van der Waals surface area contributed by atoms with Crippen LogP contribution in [0.4, 0.5) is 0 Å². The van der Waals surface area contributed by atoms with E-state index in [1.165, 1.54) is 0 Å². The van der Waals surface area contributed by atoms with Gasteiger partial charge in [-0.05, 0) is 0 Å². The third-order valence-corrected chi connectivity index (χ3v) is 7.35. The molecule has 0 fully saturated rings. The highest BCUT2D eigenvalue weighted by atomic mass is 28.5. The van der Waals surface area contributed by atoms with Gasteiger partial charge < -0.3 is 0 Å². The Morgan fingerprint density at radius 2 is 1.60 bits per heavy atom. The molecule has 0 aromatic carbocycles. The Bertz CT molecular complexity index is 20.9. The Morgan fingerprint density at radius 1 is 1.40 bits per heavy atom. The smallest absolute Gasteiger partial charge is 0.160 e. The van der Waals surface area contributed by atoms with Gasteiger partial charge in [0.15, 0.2) is 0 Å². The van der Waals surface area contributed by atoms with Crippen molar-refractivity contribution in [1.29, 1.82) is 0 Å². The van der Waals surface area contributed by atoms with Gasteiger partial charge >= 0.3 is 19.6 Å². The van der Waals surface area contributed by atoms with Gasteiger partial charge in [-0.2, -0.15) is 5.05 Å². The van der Waals surface area contributed by atoms with Gasteiger partial charge in [-0.1, -0.05) is 19.5 Å². The first kappa shape index (κ1) is 5.98. The molecule has 0 aliphatic rings. The molecular formula is C3H10MgSi. The fourth-order valence-corrected chi connectivity index (χ4v) is 0. The first-order valence-corrected chi connectivity index (χ1v) is 9.26. The molecule has 0 saturated carbocycles. The molecule has 0 spiro atoms. The minimum absolute atomic E-state index is 0.0108. The van der Waals surface area contributed by atoms with Crippen LogP contribution in [-0.4, -0.2) is 26.0 Å². The molecule has 0 aliphatic carbocycles. The molecule has 0 aliphatic heterocycles. The van der Waals surface area contributed by atoms with Gasteiger partial charge in [0, 0.05) is 0 Å². The summed E-state index contributed by atoms with van der Waals surface area (Å²) in [4.78, 5) is 0. The summed E-state index contributed by atoms with van der Waals surface area (Å²) in [6.07, 6.45) is -0.0108. The molecule has 0 bridgehead atoms. The monoisotopic (exact) mass is 98.0 g/mol. The van der Waals surface area contributed by atoms with E-state index in [1.807, 2.05) is 0 Å². The van der Waals surface area contributed by atoms with Crippen LogP contribution in [0.5, 0.6) is 0 Å². The topological polar surface area (TPSA) is 0 Å². The molecule has 2 heteroatoms. The van der Waals surface area contributed by atoms with Gasteiger partial charge in [0.1, 0.15) is 0 Å². The summed E-state index contributed by atoms with van der Waals surface area (Å²) in [5, 5.41) is 2.40. The van der Waals surface area contributed by atoms with Crippen LogP contribution in [0.25, 0.3) is 0 Å². The second-order valence-corrected chi connectivity index (χ2v) is 12.8. The van der Waals surface area contributed by atoms with Crippen molar-refractivity contribution < 1.29 is 0 Å². The highest BCUT2D eigenvalue weighted by Crippen LogP contribution is 1.69. The normalized spacial score (nSPS) is 8.00. The average Bonchev–Trinajstić information content (AvgIpc) is 1.38. The first-order chi connectivity index (χ1) is 2.27. The molecule has 28 valence electrons. The van der Waals surface area contributed by atoms with Crippen molar-refractivity contribution in [3.8, 4) is 0 Å². The zero-order chi connectivity index (χ0) is 4.28. The third kappa shape index (κ3) is 4.98. The van der Waals surface area contributed by atoms with Gasteiger partial charge in [0.05, 0.1) is 0 Å². The first-order valence-electron chi connectivity index (χ1n) is 2.27. The summed E-state index contributed by atoms with van der Waals surface area (Å²) in [5.74, 6) is 0. The van der Waals surface area contributed by atoms with E-state index in [4.69, 9.17) is 0 Å². The maximum Gasteiger partial charge on any atom is 0.354 e. The molecule has 0 N–H and O–H groups in total. The van der Waals surface area contributed by atoms with Crippen molar-refractivity contribution >= 4 is 26.0 Å². The van der Waals surface area contributed by atoms with E-state index in [0.29, 0.717) is 19.6 Å². The Labute approximate surface area is 44.4 Å². The fraction of sp³-hybridized carbons (Fsp3) is 1.00. The zero-order valence-electron chi connectivity index (χ0n) is 4.28. The summed E-state index contributed by atoms with van der Waals surface area (Å²) < 4.78 is 0. The molecule has 0 atom stereocenters. The van der Waals surface area contributed by atoms with Crippen molar-refractivity contribution in [2.45, 2.75) is 18.1 Å². The summed E-state index contributed by atoms with van der Waals surface area (Å²) in [6, 6.07) is 0. The largest absolute Gasteiger partial charge is 0.354 e. The van der Waals surface area contributed by atoms with Crippen molar-refractivity contribution in [3.63, 3.8) is 0 Å². The second kappa shape index (κ2) is 3.18. The van der Waals surface area contributed by atoms with Gasteiger partial charge in [0.25, 0.3) is 0 Å². The number of rotatable bonds is 1. The quantitative estimate of drug-likeness (QED) is 0.424. The number of hydrogen-bond acceptors (Lipinski definition) is 0. The van der Waals surface area contributed by atoms with E-state index in [2.05, 4.69) is 18.1 Å². The third-order valence-electron chi connectivity index (χ3n) is 0.816. The van der Waals surface area contributed by atoms with Crippen LogP contribution in [-0.2, 0) is 0 Å². The highest BCUT2D eigenvalue weighted by Gasteiger charge is 1.89. The molecule has 0 amide bonds. The molecule has 0 radical (unpaired) electrons. The summed E-state index contributed by atoms with van der Waals surface area (Å²) in [7, 11) is 0. The van der Waals surface area contributed by atoms with Crippen LogP contribution < -0.4 is 0 Å². The lowest BCUT2D eigenvalue weighted by atomic mass is 11.9. The second-order valence-electron chi connectivity index (χ2n) is 1.80. The maximum atomic E-state index is 2.42. The molecule has 0 saturated heterocycles. The molecule has 0 nitrogen and oxygen atoms in total. The van der Waals surface area contributed by atoms with Crippen molar-refractivity contribution in [3.05, 3.63) is 0 Å². The van der Waals surface area contributed by atoms with Crippen molar-refractivity contribution in [1.82, 2.24) is 0 Å². The van der Waals surface area contributed by atoms with Crippen molar-refractivity contribution in [2.75, 3.05) is 0 Å². The summed E-state index contributed by atoms with van der Waals surface area (Å²) in [6.45, 7) is 4.85. The SMILES string of the molecule is [CH3][Mg][SiH](C)C. The predicted molar refractivity (Wildman–Crippen MR) is 30.5 cm³/mol. The lowest BCUT2D eigenvalue weighted by Crippen LogP contribution is -2.06. The Kier molecular flexibility index (Phi) is 3.81. The molecule has 5 heavy (non-hydrogen) atoms. The van der Waals surface area contributed by atoms with Crippen LogP contribution >= 0.6 is 0 Å². The lowest BCUT2D eigenvalue weighted by Gasteiger charge is -1.84. The van der Waals surface area contributed by atoms with Crippen LogP contribution in [0.3, 0.4) is 0 Å². The molecule has 0 heterocycles. The van der Waals surface area contributed by atoms with E-state index >= 15 is 0 Å². The van der Waals surface area contributed by atoms with E-state index in [-0.39, 0.29) is 6.45 Å². The average molecular weight is 98.5 g/mol. The Balaban J connectivity index is 2.54. The van der Waals surface area contributed by atoms with Crippen LogP contribution in [0.2, 0.25) is 18.1 Å². The minimum atomic E-state index is -0.0108. The fourth-order valence-electron chi connectivity index (χ4n) is 0. The van der Waals surface area contributed by atoms with Gasteiger partial charge in [-0.3, -0.25) is 0 Å². The standard InChI is InChI=1S/C2H7Si.CH3.Mg/c1-3-2;;/h3H,1-2H3;1H3;. The van der Waals surface area contributed by atoms with Crippen LogP contribution in [0.15, 0.2) is 0 Å². The molecule has 0 unspecified atom stereocenters. The Hall–Kier alpha value is 0.983. The maximum absolute atomic E-state index is 2.42. The lowest BCUT2D eigenvalue weighted by molar-refractivity contribution is 2.07. The minimum Gasteiger partial charge on any atom is -0.160 e. The molecule has 0 rings (SSSR count). The number of hydrogen-bond donors (Lipinski definition) is 0. The Morgan fingerprint density at radius 3 is 1.60 bits per heavy atom. The highest BCUT2D eigenvalue weighted by molar-refractivity contribution is 7.10. The van der Waals surface area contributed by atoms with Crippen LogP contribution in [0, 0.1) is 0 Å². The molecule has 0 aromatic rings. The van der Waals surface area contributed by atoms with Crippen molar-refractivity contribution in [2.24, 2.45) is 0 Å². The van der Waals surface area contributed by atoms with E-state index in [9.17, 15) is 0 Å². The van der Waals surface area contributed by atoms with E-state index in [0.717, 1.165) is 0 Å². The summed E-state index contributed by atoms with van der Waals surface area (Å²) in [5.41, 5.74) is 0. The van der Waals surface area contributed by atoms with E-state index in [1.54, 1.807) is 0 Å². The molecular weight excluding hydrogens is 88.4 g/mol. The summed E-state index contributed by atoms with van der Waals surface area (Å²) >= 11 is 0.488. The van der Waals surface area contributed by atoms with Gasteiger partial charge in [-0.15, -0.1) is 0 Å². The van der Waals surface area contributed by atoms with E-state index < -0.39 is 0 Å². The zero-order valence-corrected chi connectivity index (χ0v) is 6.85. The predicted octanol–water partition coefficient (Wildman–Crippen LogP) is 0.722. The van der Waals surface area contributed by atoms with Gasteiger partial charge in [0.2, 0.25) is 0 Å². The van der Waals surface area contributed by atoms with Crippen LogP contribution in [0.1, 0.15) is 0 Å². The molecule has 0 aromatic heterocycles.